The van der Waals surface area contributed by atoms with E-state index in [1.807, 2.05) is 24.3 Å². The minimum atomic E-state index is 0.0718. The van der Waals surface area contributed by atoms with Crippen molar-refractivity contribution in [3.05, 3.63) is 90.5 Å². The van der Waals surface area contributed by atoms with Crippen molar-refractivity contribution in [1.82, 2.24) is 0 Å². The predicted molar refractivity (Wildman–Crippen MR) is 112 cm³/mol. The molecule has 4 aromatic rings. The van der Waals surface area contributed by atoms with Crippen LogP contribution >= 0.6 is 0 Å². The molecule has 4 aromatic carbocycles. The van der Waals surface area contributed by atoms with Gasteiger partial charge in [0.1, 0.15) is 0 Å². The minimum absolute atomic E-state index is 0.0718. The number of amides is 1. The fourth-order valence-corrected chi connectivity index (χ4v) is 4.09. The van der Waals surface area contributed by atoms with Crippen molar-refractivity contribution in [2.45, 2.75) is 12.8 Å². The normalized spacial score (nSPS) is 13.3. The number of hydrogen-bond acceptors (Lipinski definition) is 1. The first-order valence-corrected chi connectivity index (χ1v) is 9.30. The monoisotopic (exact) mass is 349 g/mol. The van der Waals surface area contributed by atoms with Crippen LogP contribution in [0.4, 0.5) is 5.69 Å². The van der Waals surface area contributed by atoms with Crippen molar-refractivity contribution >= 4 is 22.4 Å². The average molecular weight is 349 g/mol. The summed E-state index contributed by atoms with van der Waals surface area (Å²) in [7, 11) is 0. The van der Waals surface area contributed by atoms with Gasteiger partial charge in [-0.1, -0.05) is 78.9 Å². The zero-order chi connectivity index (χ0) is 18.2. The van der Waals surface area contributed by atoms with Crippen LogP contribution in [0.3, 0.4) is 0 Å². The zero-order valence-electron chi connectivity index (χ0n) is 14.9. The number of rotatable bonds is 1. The van der Waals surface area contributed by atoms with Gasteiger partial charge in [-0.2, -0.15) is 0 Å². The number of carbonyl (C=O) groups excluding carboxylic acids is 1. The lowest BCUT2D eigenvalue weighted by Crippen LogP contribution is -2.16. The summed E-state index contributed by atoms with van der Waals surface area (Å²) in [4.78, 5) is 12.3. The smallest absolute Gasteiger partial charge is 0.224 e. The van der Waals surface area contributed by atoms with Crippen molar-refractivity contribution in [1.29, 1.82) is 0 Å². The topological polar surface area (TPSA) is 29.1 Å². The Bertz CT molecular complexity index is 1160. The third-order valence-electron chi connectivity index (χ3n) is 5.29. The van der Waals surface area contributed by atoms with Crippen LogP contribution in [-0.2, 0) is 11.2 Å². The summed E-state index contributed by atoms with van der Waals surface area (Å²) in [5.41, 5.74) is 6.88. The second kappa shape index (κ2) is 6.40. The Labute approximate surface area is 158 Å². The summed E-state index contributed by atoms with van der Waals surface area (Å²) in [5, 5.41) is 5.55. The van der Waals surface area contributed by atoms with E-state index in [1.165, 1.54) is 33.0 Å². The van der Waals surface area contributed by atoms with E-state index in [2.05, 4.69) is 66.0 Å². The van der Waals surface area contributed by atoms with Gasteiger partial charge in [0.25, 0.3) is 0 Å². The Morgan fingerprint density at radius 1 is 0.704 bits per heavy atom. The Kier molecular flexibility index (Phi) is 3.75. The van der Waals surface area contributed by atoms with Crippen LogP contribution in [0.1, 0.15) is 12.0 Å². The van der Waals surface area contributed by atoms with Gasteiger partial charge >= 0.3 is 0 Å². The van der Waals surface area contributed by atoms with E-state index in [-0.39, 0.29) is 5.91 Å². The third kappa shape index (κ3) is 2.70. The van der Waals surface area contributed by atoms with Crippen molar-refractivity contribution in [2.24, 2.45) is 0 Å². The lowest BCUT2D eigenvalue weighted by Gasteiger charge is -2.23. The van der Waals surface area contributed by atoms with E-state index in [9.17, 15) is 4.79 Å². The molecule has 2 heteroatoms. The summed E-state index contributed by atoms with van der Waals surface area (Å²) in [6.45, 7) is 0. The predicted octanol–water partition coefficient (Wildman–Crippen LogP) is 6.06. The molecule has 5 rings (SSSR count). The van der Waals surface area contributed by atoms with Crippen molar-refractivity contribution in [3.8, 4) is 22.3 Å². The Morgan fingerprint density at radius 2 is 1.44 bits per heavy atom. The molecule has 1 N–H and O–H groups in total. The van der Waals surface area contributed by atoms with Gasteiger partial charge < -0.3 is 5.32 Å². The van der Waals surface area contributed by atoms with E-state index in [0.29, 0.717) is 6.42 Å². The molecule has 130 valence electrons. The van der Waals surface area contributed by atoms with Crippen LogP contribution in [0.5, 0.6) is 0 Å². The van der Waals surface area contributed by atoms with Crippen molar-refractivity contribution in [2.75, 3.05) is 5.32 Å². The van der Waals surface area contributed by atoms with Gasteiger partial charge in [0.2, 0.25) is 5.91 Å². The van der Waals surface area contributed by atoms with Gasteiger partial charge in [0.05, 0.1) is 0 Å². The standard InChI is InChI=1S/C25H19NO/c27-23-15-14-19-16-18-10-4-5-11-20(18)24(17-8-2-1-3-9-17)25(19)21-12-6-7-13-22(21)26-23/h1-13,16H,14-15H2,(H,26,27). The summed E-state index contributed by atoms with van der Waals surface area (Å²) < 4.78 is 0. The molecule has 1 aliphatic heterocycles. The molecule has 0 fully saturated rings. The molecule has 1 heterocycles. The van der Waals surface area contributed by atoms with Gasteiger partial charge in [0, 0.05) is 17.7 Å². The molecule has 0 radical (unpaired) electrons. The molecule has 1 amide bonds. The molecule has 0 bridgehead atoms. The fraction of sp³-hybridized carbons (Fsp3) is 0.0800. The molecule has 0 unspecified atom stereocenters. The second-order valence-electron chi connectivity index (χ2n) is 6.97. The van der Waals surface area contributed by atoms with Gasteiger partial charge in [-0.15, -0.1) is 0 Å². The van der Waals surface area contributed by atoms with Gasteiger partial charge in [-0.3, -0.25) is 4.79 Å². The first-order valence-electron chi connectivity index (χ1n) is 9.30. The molecule has 0 saturated heterocycles. The molecule has 0 aromatic heterocycles. The first-order chi connectivity index (χ1) is 13.3. The SMILES string of the molecule is O=C1CCc2cc3ccccc3c(-c3ccccc3)c2-c2ccccc2N1. The van der Waals surface area contributed by atoms with Crippen LogP contribution in [0.25, 0.3) is 33.0 Å². The number of carbonyl (C=O) groups is 1. The summed E-state index contributed by atoms with van der Waals surface area (Å²) in [6.07, 6.45) is 1.23. The van der Waals surface area contributed by atoms with Gasteiger partial charge in [-0.25, -0.2) is 0 Å². The maximum Gasteiger partial charge on any atom is 0.224 e. The molecular formula is C25H19NO. The largest absolute Gasteiger partial charge is 0.326 e. The number of fused-ring (bicyclic) bond motifs is 4. The van der Waals surface area contributed by atoms with Crippen LogP contribution in [0.15, 0.2) is 84.9 Å². The molecule has 0 spiro atoms. The fourth-order valence-electron chi connectivity index (χ4n) is 4.09. The van der Waals surface area contributed by atoms with E-state index in [4.69, 9.17) is 0 Å². The second-order valence-corrected chi connectivity index (χ2v) is 6.97. The lowest BCUT2D eigenvalue weighted by atomic mass is 9.83. The van der Waals surface area contributed by atoms with Crippen molar-refractivity contribution in [3.63, 3.8) is 0 Å². The molecular weight excluding hydrogens is 330 g/mol. The maximum atomic E-state index is 12.3. The van der Waals surface area contributed by atoms with Crippen LogP contribution < -0.4 is 5.32 Å². The maximum absolute atomic E-state index is 12.3. The lowest BCUT2D eigenvalue weighted by molar-refractivity contribution is -0.116. The quantitative estimate of drug-likeness (QED) is 0.445. The summed E-state index contributed by atoms with van der Waals surface area (Å²) >= 11 is 0. The highest BCUT2D eigenvalue weighted by atomic mass is 16.1. The van der Waals surface area contributed by atoms with Crippen molar-refractivity contribution < 1.29 is 4.79 Å². The molecule has 1 aliphatic rings. The van der Waals surface area contributed by atoms with E-state index >= 15 is 0 Å². The average Bonchev–Trinajstić information content (AvgIpc) is 2.71. The van der Waals surface area contributed by atoms with E-state index in [1.54, 1.807) is 0 Å². The number of aryl methyl sites for hydroxylation is 1. The molecule has 0 saturated carbocycles. The van der Waals surface area contributed by atoms with Gasteiger partial charge in [0.15, 0.2) is 0 Å². The molecule has 27 heavy (non-hydrogen) atoms. The van der Waals surface area contributed by atoms with E-state index < -0.39 is 0 Å². The minimum Gasteiger partial charge on any atom is -0.326 e. The van der Waals surface area contributed by atoms with Crippen LogP contribution in [0.2, 0.25) is 0 Å². The Hall–Kier alpha value is -3.39. The summed E-state index contributed by atoms with van der Waals surface area (Å²) in [5.74, 6) is 0.0718. The number of hydrogen-bond donors (Lipinski definition) is 1. The van der Waals surface area contributed by atoms with Gasteiger partial charge in [-0.05, 0) is 45.5 Å². The van der Waals surface area contributed by atoms with Crippen LogP contribution in [-0.4, -0.2) is 5.91 Å². The molecule has 0 atom stereocenters. The number of nitrogens with one attached hydrogen (secondary N) is 1. The molecule has 0 aliphatic carbocycles. The first kappa shape index (κ1) is 15.8. The number of anilines is 1. The summed E-state index contributed by atoms with van der Waals surface area (Å²) in [6, 6.07) is 29.5. The highest BCUT2D eigenvalue weighted by Gasteiger charge is 2.22. The highest BCUT2D eigenvalue weighted by molar-refractivity contribution is 6.09. The number of benzene rings is 4. The Balaban J connectivity index is 1.94. The zero-order valence-corrected chi connectivity index (χ0v) is 14.9. The number of para-hydroxylation sites is 1. The highest BCUT2D eigenvalue weighted by Crippen LogP contribution is 2.44. The van der Waals surface area contributed by atoms with E-state index in [0.717, 1.165) is 17.7 Å². The third-order valence-corrected chi connectivity index (χ3v) is 5.29. The Morgan fingerprint density at radius 3 is 2.33 bits per heavy atom. The molecule has 2 nitrogen and oxygen atoms in total. The van der Waals surface area contributed by atoms with Crippen LogP contribution in [0, 0.1) is 0 Å².